The summed E-state index contributed by atoms with van der Waals surface area (Å²) in [5.41, 5.74) is 0.635. The molecule has 0 bridgehead atoms. The zero-order valence-electron chi connectivity index (χ0n) is 15.6. The zero-order chi connectivity index (χ0) is 18.3. The number of ether oxygens (including phenoxy) is 2. The molecule has 1 heterocycles. The molecule has 25 heavy (non-hydrogen) atoms. The van der Waals surface area contributed by atoms with Gasteiger partial charge in [-0.2, -0.15) is 0 Å². The molecular formula is C20H31NO4. The van der Waals surface area contributed by atoms with Gasteiger partial charge in [-0.1, -0.05) is 30.3 Å². The molecule has 0 aliphatic carbocycles. The molecule has 1 aromatic rings. The highest BCUT2D eigenvalue weighted by Gasteiger charge is 2.35. The first-order chi connectivity index (χ1) is 11.9. The quantitative estimate of drug-likeness (QED) is 0.762. The Morgan fingerprint density at radius 1 is 1.32 bits per heavy atom. The summed E-state index contributed by atoms with van der Waals surface area (Å²) >= 11 is 0. The van der Waals surface area contributed by atoms with Gasteiger partial charge in [0.1, 0.15) is 5.60 Å². The first-order valence-corrected chi connectivity index (χ1v) is 9.16. The number of nitrogens with zero attached hydrogens (tertiary/aromatic N) is 1. The maximum atomic E-state index is 12.3. The van der Waals surface area contributed by atoms with E-state index in [0.29, 0.717) is 26.2 Å². The van der Waals surface area contributed by atoms with Crippen molar-refractivity contribution in [1.29, 1.82) is 0 Å². The average Bonchev–Trinajstić information content (AvgIpc) is 3.03. The molecule has 1 aliphatic heterocycles. The number of likely N-dealkylation sites (tertiary alicyclic amines) is 1. The molecule has 1 N–H and O–H groups in total. The average molecular weight is 349 g/mol. The third kappa shape index (κ3) is 6.67. The van der Waals surface area contributed by atoms with Crippen LogP contribution >= 0.6 is 0 Å². The van der Waals surface area contributed by atoms with Crippen LogP contribution in [0.4, 0.5) is 4.79 Å². The first-order valence-electron chi connectivity index (χ1n) is 9.16. The molecule has 1 saturated heterocycles. The van der Waals surface area contributed by atoms with Crippen LogP contribution in [0.25, 0.3) is 0 Å². The van der Waals surface area contributed by atoms with Gasteiger partial charge in [-0.25, -0.2) is 4.79 Å². The molecule has 140 valence electrons. The van der Waals surface area contributed by atoms with E-state index in [4.69, 9.17) is 9.47 Å². The molecule has 1 aromatic carbocycles. The highest BCUT2D eigenvalue weighted by molar-refractivity contribution is 5.69. The van der Waals surface area contributed by atoms with Gasteiger partial charge in [0.25, 0.3) is 0 Å². The van der Waals surface area contributed by atoms with Crippen molar-refractivity contribution < 1.29 is 19.4 Å². The molecule has 0 saturated carbocycles. The number of carbonyl (C=O) groups is 1. The van der Waals surface area contributed by atoms with E-state index in [2.05, 4.69) is 0 Å². The van der Waals surface area contributed by atoms with Crippen LogP contribution in [0.3, 0.4) is 0 Å². The van der Waals surface area contributed by atoms with Crippen molar-refractivity contribution in [2.24, 2.45) is 0 Å². The Hall–Kier alpha value is -1.59. The van der Waals surface area contributed by atoms with Gasteiger partial charge in [0.2, 0.25) is 0 Å². The van der Waals surface area contributed by atoms with Gasteiger partial charge in [0.05, 0.1) is 18.8 Å². The monoisotopic (exact) mass is 349 g/mol. The number of hydrogen-bond donors (Lipinski definition) is 1. The summed E-state index contributed by atoms with van der Waals surface area (Å²) < 4.78 is 11.1. The minimum absolute atomic E-state index is 0.149. The lowest BCUT2D eigenvalue weighted by atomic mass is 10.0. The Morgan fingerprint density at radius 2 is 2.04 bits per heavy atom. The molecule has 0 radical (unpaired) electrons. The van der Waals surface area contributed by atoms with E-state index in [-0.39, 0.29) is 12.1 Å². The van der Waals surface area contributed by atoms with E-state index in [1.54, 1.807) is 4.90 Å². The standard InChI is InChI=1S/C20H31NO4/c1-20(2,3)25-19(23)21-13-7-11-17(21)18(22)12-8-14-24-15-16-9-5-4-6-10-16/h4-6,9-10,17-18,22H,7-8,11-15H2,1-3H3/t17-,18?/m0/s1. The predicted molar refractivity (Wildman–Crippen MR) is 97.3 cm³/mol. The van der Waals surface area contributed by atoms with E-state index in [1.807, 2.05) is 51.1 Å². The van der Waals surface area contributed by atoms with Crippen LogP contribution < -0.4 is 0 Å². The van der Waals surface area contributed by atoms with Crippen LogP contribution in [0.5, 0.6) is 0 Å². The number of aliphatic hydroxyl groups excluding tert-OH is 1. The molecule has 5 heteroatoms. The molecule has 0 aromatic heterocycles. The van der Waals surface area contributed by atoms with Gasteiger partial charge >= 0.3 is 6.09 Å². The fraction of sp³-hybridized carbons (Fsp3) is 0.650. The van der Waals surface area contributed by atoms with Gasteiger partial charge in [-0.05, 0) is 52.0 Å². The van der Waals surface area contributed by atoms with Gasteiger partial charge in [-0.15, -0.1) is 0 Å². The van der Waals surface area contributed by atoms with Crippen LogP contribution in [0, 0.1) is 0 Å². The predicted octanol–water partition coefficient (Wildman–Crippen LogP) is 3.74. The third-order valence-corrected chi connectivity index (χ3v) is 4.27. The van der Waals surface area contributed by atoms with Crippen LogP contribution in [0.15, 0.2) is 30.3 Å². The van der Waals surface area contributed by atoms with Crippen molar-refractivity contribution in [3.8, 4) is 0 Å². The summed E-state index contributed by atoms with van der Waals surface area (Å²) in [6.07, 6.45) is 2.27. The van der Waals surface area contributed by atoms with Crippen LogP contribution in [-0.4, -0.2) is 47.0 Å². The Morgan fingerprint density at radius 3 is 2.72 bits per heavy atom. The van der Waals surface area contributed by atoms with Crippen LogP contribution in [0.2, 0.25) is 0 Å². The topological polar surface area (TPSA) is 59.0 Å². The van der Waals surface area contributed by atoms with Crippen molar-refractivity contribution >= 4 is 6.09 Å². The van der Waals surface area contributed by atoms with Crippen molar-refractivity contribution in [3.63, 3.8) is 0 Å². The summed E-state index contributed by atoms with van der Waals surface area (Å²) in [7, 11) is 0. The maximum absolute atomic E-state index is 12.3. The molecular weight excluding hydrogens is 318 g/mol. The molecule has 2 rings (SSSR count). The minimum Gasteiger partial charge on any atom is -0.444 e. The molecule has 1 fully saturated rings. The van der Waals surface area contributed by atoms with Gasteiger partial charge in [0, 0.05) is 13.2 Å². The summed E-state index contributed by atoms with van der Waals surface area (Å²) in [4.78, 5) is 14.0. The minimum atomic E-state index is -0.532. The Kier molecular flexibility index (Phi) is 7.26. The lowest BCUT2D eigenvalue weighted by molar-refractivity contribution is 0.00190. The van der Waals surface area contributed by atoms with Crippen molar-refractivity contribution in [2.45, 2.75) is 70.8 Å². The van der Waals surface area contributed by atoms with Gasteiger partial charge < -0.3 is 19.5 Å². The maximum Gasteiger partial charge on any atom is 0.410 e. The summed E-state index contributed by atoms with van der Waals surface area (Å²) in [6, 6.07) is 9.89. The van der Waals surface area contributed by atoms with E-state index in [1.165, 1.54) is 0 Å². The summed E-state index contributed by atoms with van der Waals surface area (Å²) in [5, 5.41) is 10.5. The van der Waals surface area contributed by atoms with E-state index in [9.17, 15) is 9.90 Å². The number of rotatable bonds is 7. The number of hydrogen-bond acceptors (Lipinski definition) is 4. The first kappa shape index (κ1) is 19.7. The lowest BCUT2D eigenvalue weighted by Crippen LogP contribution is -2.45. The van der Waals surface area contributed by atoms with Crippen LogP contribution in [0.1, 0.15) is 52.0 Å². The number of amides is 1. The number of carbonyl (C=O) groups excluding carboxylic acids is 1. The molecule has 2 atom stereocenters. The fourth-order valence-electron chi connectivity index (χ4n) is 3.09. The van der Waals surface area contributed by atoms with E-state index >= 15 is 0 Å². The molecule has 1 unspecified atom stereocenters. The normalized spacial score (nSPS) is 19.0. The second-order valence-corrected chi connectivity index (χ2v) is 7.63. The smallest absolute Gasteiger partial charge is 0.410 e. The second-order valence-electron chi connectivity index (χ2n) is 7.63. The van der Waals surface area contributed by atoms with Crippen molar-refractivity contribution in [2.75, 3.05) is 13.2 Å². The highest BCUT2D eigenvalue weighted by atomic mass is 16.6. The van der Waals surface area contributed by atoms with Crippen molar-refractivity contribution in [3.05, 3.63) is 35.9 Å². The van der Waals surface area contributed by atoms with Crippen molar-refractivity contribution in [1.82, 2.24) is 4.90 Å². The Bertz CT molecular complexity index is 526. The fourth-order valence-corrected chi connectivity index (χ4v) is 3.09. The molecule has 1 aliphatic rings. The number of aliphatic hydroxyl groups is 1. The summed E-state index contributed by atoms with van der Waals surface area (Å²) in [6.45, 7) is 7.42. The second kappa shape index (κ2) is 9.20. The van der Waals surface area contributed by atoms with Gasteiger partial charge in [-0.3, -0.25) is 0 Å². The molecule has 5 nitrogen and oxygen atoms in total. The van der Waals surface area contributed by atoms with E-state index in [0.717, 1.165) is 24.8 Å². The SMILES string of the molecule is CC(C)(C)OC(=O)N1CCC[C@H]1C(O)CCCOCc1ccccc1. The number of benzene rings is 1. The third-order valence-electron chi connectivity index (χ3n) is 4.27. The zero-order valence-corrected chi connectivity index (χ0v) is 15.6. The van der Waals surface area contributed by atoms with E-state index < -0.39 is 11.7 Å². The largest absolute Gasteiger partial charge is 0.444 e. The Labute approximate surface area is 150 Å². The highest BCUT2D eigenvalue weighted by Crippen LogP contribution is 2.25. The molecule has 0 spiro atoms. The molecule has 1 amide bonds. The van der Waals surface area contributed by atoms with Gasteiger partial charge in [0.15, 0.2) is 0 Å². The van der Waals surface area contributed by atoms with Crippen LogP contribution in [-0.2, 0) is 16.1 Å². The lowest BCUT2D eigenvalue weighted by Gasteiger charge is -2.31. The summed E-state index contributed by atoms with van der Waals surface area (Å²) in [5.74, 6) is 0. The Balaban J connectivity index is 1.70.